The van der Waals surface area contributed by atoms with Crippen molar-refractivity contribution in [2.24, 2.45) is 0 Å². The standard InChI is InChI=1S/C5H4NO3S/c7-2-1-3-4(8)6-5(9)10-3/h1H,2H2,(H,6,8,9). The summed E-state index contributed by atoms with van der Waals surface area (Å²) in [6, 6.07) is 0. The molecule has 0 aromatic carbocycles. The van der Waals surface area contributed by atoms with Crippen LogP contribution in [0, 0.1) is 0 Å². The van der Waals surface area contributed by atoms with Crippen molar-refractivity contribution in [3.8, 4) is 0 Å². The van der Waals surface area contributed by atoms with Gasteiger partial charge in [0.2, 0.25) is 0 Å². The Morgan fingerprint density at radius 3 is 2.60 bits per heavy atom. The van der Waals surface area contributed by atoms with Crippen molar-refractivity contribution in [1.29, 1.82) is 0 Å². The summed E-state index contributed by atoms with van der Waals surface area (Å²) in [5, 5.41) is 11.6. The molecule has 1 N–H and O–H groups in total. The molecule has 0 saturated carbocycles. The van der Waals surface area contributed by atoms with Crippen LogP contribution in [0.3, 0.4) is 0 Å². The molecule has 0 aromatic heterocycles. The van der Waals surface area contributed by atoms with E-state index in [9.17, 15) is 14.7 Å². The largest absolute Gasteiger partial charge is 0.290 e. The molecule has 1 saturated heterocycles. The van der Waals surface area contributed by atoms with Crippen LogP contribution in [0.25, 0.3) is 0 Å². The van der Waals surface area contributed by atoms with Crippen molar-refractivity contribution < 1.29 is 14.7 Å². The first kappa shape index (κ1) is 7.30. The minimum atomic E-state index is -0.469. The molecule has 1 rings (SSSR count). The van der Waals surface area contributed by atoms with Crippen molar-refractivity contribution in [2.45, 2.75) is 0 Å². The van der Waals surface area contributed by atoms with Crippen LogP contribution in [0.5, 0.6) is 0 Å². The highest BCUT2D eigenvalue weighted by molar-refractivity contribution is 8.18. The molecule has 0 aliphatic carbocycles. The smallest absolute Gasteiger partial charge is 0.282 e. The van der Waals surface area contributed by atoms with E-state index >= 15 is 0 Å². The van der Waals surface area contributed by atoms with Crippen LogP contribution < -0.4 is 5.32 Å². The lowest BCUT2D eigenvalue weighted by molar-refractivity contribution is -0.115. The highest BCUT2D eigenvalue weighted by atomic mass is 32.2. The fraction of sp³-hybridized carbons (Fsp3) is 0.200. The number of nitrogens with one attached hydrogen (secondary N) is 1. The summed E-state index contributed by atoms with van der Waals surface area (Å²) >= 11 is 0.760. The van der Waals surface area contributed by atoms with Crippen LogP contribution in [-0.2, 0) is 9.90 Å². The summed E-state index contributed by atoms with van der Waals surface area (Å²) in [5.74, 6) is -0.467. The summed E-state index contributed by atoms with van der Waals surface area (Å²) in [4.78, 5) is 21.2. The Morgan fingerprint density at radius 1 is 1.50 bits per heavy atom. The Morgan fingerprint density at radius 2 is 2.20 bits per heavy atom. The second-order valence-corrected chi connectivity index (χ2v) is 2.59. The van der Waals surface area contributed by atoms with Gasteiger partial charge in [-0.3, -0.25) is 14.9 Å². The number of rotatable bonds is 1. The summed E-state index contributed by atoms with van der Waals surface area (Å²) in [5.41, 5.74) is 0. The van der Waals surface area contributed by atoms with Crippen LogP contribution >= 0.6 is 11.8 Å². The molecular formula is C5H4NO3S. The second kappa shape index (κ2) is 2.85. The third kappa shape index (κ3) is 1.37. The van der Waals surface area contributed by atoms with Crippen LogP contribution in [0.15, 0.2) is 11.0 Å². The molecule has 0 spiro atoms. The Hall–Kier alpha value is -0.810. The Labute approximate surface area is 61.3 Å². The van der Waals surface area contributed by atoms with Crippen molar-refractivity contribution in [3.05, 3.63) is 11.0 Å². The lowest BCUT2D eigenvalue weighted by Crippen LogP contribution is -2.17. The number of amides is 2. The zero-order valence-corrected chi connectivity index (χ0v) is 5.73. The summed E-state index contributed by atoms with van der Waals surface area (Å²) < 4.78 is 0. The SMILES string of the molecule is [O]CC=C1SC(=O)NC1=O. The highest BCUT2D eigenvalue weighted by Crippen LogP contribution is 2.21. The summed E-state index contributed by atoms with van der Waals surface area (Å²) in [6.45, 7) is -0.469. The third-order valence-electron chi connectivity index (χ3n) is 0.911. The van der Waals surface area contributed by atoms with E-state index in [0.29, 0.717) is 0 Å². The molecule has 1 heterocycles. The molecule has 0 unspecified atom stereocenters. The zero-order chi connectivity index (χ0) is 7.56. The van der Waals surface area contributed by atoms with Gasteiger partial charge in [-0.15, -0.1) is 0 Å². The monoisotopic (exact) mass is 158 g/mol. The molecular weight excluding hydrogens is 154 g/mol. The first-order chi connectivity index (χ1) is 4.74. The Kier molecular flexibility index (Phi) is 2.08. The van der Waals surface area contributed by atoms with Gasteiger partial charge in [0.15, 0.2) is 0 Å². The normalized spacial score (nSPS) is 21.9. The number of carbonyl (C=O) groups is 2. The molecule has 1 aliphatic heterocycles. The van der Waals surface area contributed by atoms with Crippen LogP contribution in [0.4, 0.5) is 4.79 Å². The molecule has 0 aromatic rings. The van der Waals surface area contributed by atoms with Gasteiger partial charge in [-0.25, -0.2) is 5.11 Å². The highest BCUT2D eigenvalue weighted by Gasteiger charge is 2.24. The maximum atomic E-state index is 10.6. The minimum Gasteiger partial charge on any atom is -0.282 e. The van der Waals surface area contributed by atoms with Crippen molar-refractivity contribution >= 4 is 22.9 Å². The quantitative estimate of drug-likeness (QED) is 0.557. The van der Waals surface area contributed by atoms with Gasteiger partial charge in [0, 0.05) is 0 Å². The van der Waals surface area contributed by atoms with E-state index in [1.807, 2.05) is 5.32 Å². The minimum absolute atomic E-state index is 0.208. The van der Waals surface area contributed by atoms with Crippen molar-refractivity contribution in [3.63, 3.8) is 0 Å². The second-order valence-electron chi connectivity index (χ2n) is 1.58. The molecule has 2 amide bonds. The number of hydrogen-bond acceptors (Lipinski definition) is 3. The third-order valence-corrected chi connectivity index (χ3v) is 1.77. The van der Waals surface area contributed by atoms with Gasteiger partial charge < -0.3 is 0 Å². The topological polar surface area (TPSA) is 66.1 Å². The van der Waals surface area contributed by atoms with Crippen LogP contribution in [0.2, 0.25) is 0 Å². The van der Waals surface area contributed by atoms with Crippen molar-refractivity contribution in [2.75, 3.05) is 6.61 Å². The molecule has 0 atom stereocenters. The van der Waals surface area contributed by atoms with E-state index in [-0.39, 0.29) is 4.91 Å². The molecule has 10 heavy (non-hydrogen) atoms. The van der Waals surface area contributed by atoms with Crippen molar-refractivity contribution in [1.82, 2.24) is 5.32 Å². The predicted molar refractivity (Wildman–Crippen MR) is 34.8 cm³/mol. The van der Waals surface area contributed by atoms with Gasteiger partial charge in [0.05, 0.1) is 4.91 Å². The molecule has 4 nitrogen and oxygen atoms in total. The maximum Gasteiger partial charge on any atom is 0.290 e. The van der Waals surface area contributed by atoms with E-state index < -0.39 is 17.8 Å². The first-order valence-electron chi connectivity index (χ1n) is 2.55. The van der Waals surface area contributed by atoms with Gasteiger partial charge in [-0.05, 0) is 17.8 Å². The lowest BCUT2D eigenvalue weighted by atomic mass is 10.5. The van der Waals surface area contributed by atoms with Gasteiger partial charge >= 0.3 is 0 Å². The lowest BCUT2D eigenvalue weighted by Gasteiger charge is -1.83. The maximum absolute atomic E-state index is 10.6. The summed E-state index contributed by atoms with van der Waals surface area (Å²) in [6.07, 6.45) is 1.19. The zero-order valence-electron chi connectivity index (χ0n) is 4.92. The molecule has 5 heteroatoms. The number of thioether (sulfide) groups is 1. The van der Waals surface area contributed by atoms with E-state index in [1.165, 1.54) is 6.08 Å². The summed E-state index contributed by atoms with van der Waals surface area (Å²) in [7, 11) is 0. The molecule has 1 aliphatic rings. The van der Waals surface area contributed by atoms with Gasteiger partial charge in [-0.2, -0.15) is 0 Å². The molecule has 53 valence electrons. The fourth-order valence-corrected chi connectivity index (χ4v) is 1.17. The van der Waals surface area contributed by atoms with Crippen LogP contribution in [-0.4, -0.2) is 17.8 Å². The average molecular weight is 158 g/mol. The van der Waals surface area contributed by atoms with Gasteiger partial charge in [0.1, 0.15) is 6.61 Å². The molecule has 1 radical (unpaired) electrons. The van der Waals surface area contributed by atoms with Crippen LogP contribution in [0.1, 0.15) is 0 Å². The average Bonchev–Trinajstić information content (AvgIpc) is 2.13. The van der Waals surface area contributed by atoms with Gasteiger partial charge in [0.25, 0.3) is 11.1 Å². The van der Waals surface area contributed by atoms with Gasteiger partial charge in [-0.1, -0.05) is 0 Å². The molecule has 1 fully saturated rings. The predicted octanol–water partition coefficient (Wildman–Crippen LogP) is 0.284. The van der Waals surface area contributed by atoms with E-state index in [4.69, 9.17) is 0 Å². The Balaban J connectivity index is 2.72. The molecule has 0 bridgehead atoms. The number of imide groups is 1. The Bertz CT molecular complexity index is 211. The first-order valence-corrected chi connectivity index (χ1v) is 3.37. The van der Waals surface area contributed by atoms with E-state index in [2.05, 4.69) is 0 Å². The fourth-order valence-electron chi connectivity index (χ4n) is 0.536. The number of hydrogen-bond donors (Lipinski definition) is 1. The van der Waals surface area contributed by atoms with E-state index in [1.54, 1.807) is 0 Å². The number of carbonyl (C=O) groups excluding carboxylic acids is 2. The van der Waals surface area contributed by atoms with E-state index in [0.717, 1.165) is 11.8 Å².